The summed E-state index contributed by atoms with van der Waals surface area (Å²) >= 11 is 0. The molecule has 4 atom stereocenters. The van der Waals surface area contributed by atoms with Crippen molar-refractivity contribution in [3.63, 3.8) is 0 Å². The molecule has 4 N–H and O–H groups in total. The molecule has 244 valence electrons. The molecule has 2 aliphatic rings. The Labute approximate surface area is 261 Å². The van der Waals surface area contributed by atoms with Crippen LogP contribution < -0.4 is 21.3 Å². The summed E-state index contributed by atoms with van der Waals surface area (Å²) in [4.78, 5) is 23.8. The Hall–Kier alpha value is -3.24. The number of alkyl carbamates (subject to hydrolysis) is 2. The average molecular weight is 617 g/mol. The fraction of sp³-hybridized carbons (Fsp3) is 0.588. The Kier molecular flexibility index (Phi) is 12.1. The van der Waals surface area contributed by atoms with Crippen molar-refractivity contribution in [3.8, 4) is 0 Å². The molecule has 2 fully saturated rings. The molecular weight excluding hydrogens is 566 g/mol. The van der Waals surface area contributed by atoms with Crippen molar-refractivity contribution in [2.45, 2.75) is 116 Å². The highest BCUT2D eigenvalue weighted by molar-refractivity contribution is 5.68. The maximum atomic E-state index is 13.2. The van der Waals surface area contributed by atoms with E-state index in [1.165, 1.54) is 12.1 Å². The lowest BCUT2D eigenvalue weighted by molar-refractivity contribution is 0.0477. The Morgan fingerprint density at radius 2 is 1.07 bits per heavy atom. The minimum Gasteiger partial charge on any atom is -0.444 e. The van der Waals surface area contributed by atoms with Gasteiger partial charge in [0.05, 0.1) is 0 Å². The van der Waals surface area contributed by atoms with E-state index >= 15 is 0 Å². The highest BCUT2D eigenvalue weighted by Gasteiger charge is 2.28. The van der Waals surface area contributed by atoms with Crippen LogP contribution in [0.2, 0.25) is 0 Å². The van der Waals surface area contributed by atoms with Gasteiger partial charge in [0, 0.05) is 24.2 Å². The number of piperidine rings is 2. The highest BCUT2D eigenvalue weighted by atomic mass is 19.1. The zero-order valence-corrected chi connectivity index (χ0v) is 27.4. The van der Waals surface area contributed by atoms with Crippen molar-refractivity contribution in [2.75, 3.05) is 13.1 Å². The van der Waals surface area contributed by atoms with E-state index in [1.807, 2.05) is 67.5 Å². The van der Waals surface area contributed by atoms with Gasteiger partial charge in [-0.2, -0.15) is 0 Å². The molecule has 0 bridgehead atoms. The summed E-state index contributed by atoms with van der Waals surface area (Å²) in [6.07, 6.45) is 2.49. The summed E-state index contributed by atoms with van der Waals surface area (Å²) in [6, 6.07) is 10.0. The van der Waals surface area contributed by atoms with Crippen molar-refractivity contribution >= 4 is 12.2 Å². The van der Waals surface area contributed by atoms with Crippen LogP contribution >= 0.6 is 0 Å². The number of hydrogen-bond donors (Lipinski definition) is 4. The predicted octanol–water partition coefficient (Wildman–Crippen LogP) is 6.90. The number of rotatable bonds is 4. The summed E-state index contributed by atoms with van der Waals surface area (Å²) in [7, 11) is 0. The fourth-order valence-electron chi connectivity index (χ4n) is 5.58. The van der Waals surface area contributed by atoms with Gasteiger partial charge in [-0.15, -0.1) is 0 Å². The van der Waals surface area contributed by atoms with Crippen LogP contribution in [-0.4, -0.2) is 48.6 Å². The van der Waals surface area contributed by atoms with Crippen molar-refractivity contribution in [3.05, 3.63) is 70.3 Å². The van der Waals surface area contributed by atoms with E-state index in [-0.39, 0.29) is 48.0 Å². The molecule has 2 aromatic carbocycles. The number of amides is 2. The van der Waals surface area contributed by atoms with Crippen molar-refractivity contribution in [1.29, 1.82) is 0 Å². The lowest BCUT2D eigenvalue weighted by Crippen LogP contribution is -2.45. The molecule has 0 aromatic heterocycles. The van der Waals surface area contributed by atoms with E-state index in [1.54, 1.807) is 12.1 Å². The van der Waals surface area contributed by atoms with Gasteiger partial charge < -0.3 is 30.7 Å². The fourth-order valence-corrected chi connectivity index (χ4v) is 5.58. The maximum absolute atomic E-state index is 13.2. The van der Waals surface area contributed by atoms with E-state index in [4.69, 9.17) is 9.47 Å². The number of nitrogens with one attached hydrogen (secondary N) is 4. The lowest BCUT2D eigenvalue weighted by Gasteiger charge is -2.32. The van der Waals surface area contributed by atoms with Crippen LogP contribution in [0.1, 0.15) is 102 Å². The standard InChI is InChI=1S/2C17H25FN2O2/c2*1-11-9-12(18)5-6-14(11)15-10-13(7-8-19-15)20-16(21)22-17(2,3)4/h2*5-6,9,13,15,19H,7-8,10H2,1-4H3,(H,20,21)/t2*13-,15+/m10/s1. The number of aryl methyl sites for hydroxylation is 2. The van der Waals surface area contributed by atoms with E-state index in [0.717, 1.165) is 61.0 Å². The average Bonchev–Trinajstić information content (AvgIpc) is 2.87. The zero-order chi connectivity index (χ0) is 32.7. The molecule has 10 heteroatoms. The van der Waals surface area contributed by atoms with Crippen LogP contribution in [-0.2, 0) is 9.47 Å². The third-order valence-electron chi connectivity index (χ3n) is 7.46. The summed E-state index contributed by atoms with van der Waals surface area (Å²) in [5, 5.41) is 12.7. The molecule has 2 aromatic rings. The second kappa shape index (κ2) is 15.2. The molecule has 0 radical (unpaired) electrons. The molecule has 8 nitrogen and oxygen atoms in total. The second-order valence-electron chi connectivity index (χ2n) is 13.8. The van der Waals surface area contributed by atoms with E-state index in [2.05, 4.69) is 21.3 Å². The first kappa shape index (κ1) is 35.2. The lowest BCUT2D eigenvalue weighted by atomic mass is 9.91. The predicted molar refractivity (Wildman–Crippen MR) is 169 cm³/mol. The van der Waals surface area contributed by atoms with Gasteiger partial charge in [-0.3, -0.25) is 0 Å². The Balaban J connectivity index is 0.000000240. The minimum atomic E-state index is -0.496. The summed E-state index contributed by atoms with van der Waals surface area (Å²) in [5.41, 5.74) is 3.02. The second-order valence-corrected chi connectivity index (χ2v) is 13.8. The van der Waals surface area contributed by atoms with Gasteiger partial charge in [0.1, 0.15) is 22.8 Å². The number of ether oxygens (including phenoxy) is 2. The molecule has 4 rings (SSSR count). The van der Waals surface area contributed by atoms with Crippen LogP contribution in [0, 0.1) is 25.5 Å². The summed E-state index contributed by atoms with van der Waals surface area (Å²) < 4.78 is 37.1. The largest absolute Gasteiger partial charge is 0.444 e. The number of carbonyl (C=O) groups is 2. The minimum absolute atomic E-state index is 0.0607. The van der Waals surface area contributed by atoms with E-state index in [0.29, 0.717) is 0 Å². The summed E-state index contributed by atoms with van der Waals surface area (Å²) in [6.45, 7) is 16.5. The molecule has 44 heavy (non-hydrogen) atoms. The SMILES string of the molecule is Cc1cc(F)ccc1[C@@H]1C[C@H](NC(=O)OC(C)(C)C)CCN1.Cc1cc(F)ccc1[C@H]1C[C@@H](NC(=O)OC(C)(C)C)CCN1. The van der Waals surface area contributed by atoms with Gasteiger partial charge in [0.15, 0.2) is 0 Å². The van der Waals surface area contributed by atoms with Gasteiger partial charge in [-0.1, -0.05) is 12.1 Å². The zero-order valence-electron chi connectivity index (χ0n) is 27.4. The van der Waals surface area contributed by atoms with Crippen molar-refractivity contribution < 1.29 is 27.8 Å². The first-order chi connectivity index (χ1) is 20.5. The Bertz CT molecular complexity index is 1180. The topological polar surface area (TPSA) is 101 Å². The first-order valence-corrected chi connectivity index (χ1v) is 15.5. The molecule has 0 unspecified atom stereocenters. The van der Waals surface area contributed by atoms with Gasteiger partial charge in [-0.05, 0) is 141 Å². The van der Waals surface area contributed by atoms with Gasteiger partial charge in [0.2, 0.25) is 0 Å². The van der Waals surface area contributed by atoms with Crippen molar-refractivity contribution in [1.82, 2.24) is 21.3 Å². The van der Waals surface area contributed by atoms with Gasteiger partial charge in [0.25, 0.3) is 0 Å². The molecule has 2 saturated heterocycles. The number of hydrogen-bond acceptors (Lipinski definition) is 6. The number of benzene rings is 2. The van der Waals surface area contributed by atoms with Crippen LogP contribution in [0.15, 0.2) is 36.4 Å². The van der Waals surface area contributed by atoms with Crippen LogP contribution in [0.3, 0.4) is 0 Å². The first-order valence-electron chi connectivity index (χ1n) is 15.5. The third kappa shape index (κ3) is 11.7. The highest BCUT2D eigenvalue weighted by Crippen LogP contribution is 2.28. The van der Waals surface area contributed by atoms with Crippen LogP contribution in [0.25, 0.3) is 0 Å². The third-order valence-corrected chi connectivity index (χ3v) is 7.46. The Morgan fingerprint density at radius 1 is 0.705 bits per heavy atom. The molecule has 2 heterocycles. The molecule has 0 spiro atoms. The van der Waals surface area contributed by atoms with Gasteiger partial charge in [-0.25, -0.2) is 18.4 Å². The quantitative estimate of drug-likeness (QED) is 0.298. The normalized spacial score (nSPS) is 22.2. The Morgan fingerprint density at radius 3 is 1.39 bits per heavy atom. The van der Waals surface area contributed by atoms with E-state index in [9.17, 15) is 18.4 Å². The molecule has 2 amide bonds. The number of halogens is 2. The molecule has 0 saturated carbocycles. The van der Waals surface area contributed by atoms with Crippen molar-refractivity contribution in [2.24, 2.45) is 0 Å². The molecular formula is C34H50F2N4O4. The maximum Gasteiger partial charge on any atom is 0.407 e. The van der Waals surface area contributed by atoms with Gasteiger partial charge >= 0.3 is 12.2 Å². The molecule has 0 aliphatic carbocycles. The summed E-state index contributed by atoms with van der Waals surface area (Å²) in [5.74, 6) is -0.444. The smallest absolute Gasteiger partial charge is 0.407 e. The van der Waals surface area contributed by atoms with E-state index < -0.39 is 11.2 Å². The van der Waals surface area contributed by atoms with Crippen LogP contribution in [0.5, 0.6) is 0 Å². The number of carbonyl (C=O) groups excluding carboxylic acids is 2. The molecule has 2 aliphatic heterocycles. The monoisotopic (exact) mass is 616 g/mol. The van der Waals surface area contributed by atoms with Crippen LogP contribution in [0.4, 0.5) is 18.4 Å².